The fourth-order valence-electron chi connectivity index (χ4n) is 2.54. The maximum absolute atomic E-state index is 12.2. The molecule has 1 saturated heterocycles. The summed E-state index contributed by atoms with van der Waals surface area (Å²) in [5.41, 5.74) is 0.290. The summed E-state index contributed by atoms with van der Waals surface area (Å²) in [6.07, 6.45) is 1.63. The molecule has 1 aliphatic heterocycles. The van der Waals surface area contributed by atoms with Crippen LogP contribution in [0.2, 0.25) is 0 Å². The highest BCUT2D eigenvalue weighted by atomic mass is 16.6. The van der Waals surface area contributed by atoms with Crippen LogP contribution in [0.15, 0.2) is 30.3 Å². The minimum absolute atomic E-state index is 0.109. The Labute approximate surface area is 137 Å². The minimum Gasteiger partial charge on any atom is -0.444 e. The van der Waals surface area contributed by atoms with Gasteiger partial charge in [-0.3, -0.25) is 4.79 Å². The third-order valence-corrected chi connectivity index (χ3v) is 3.55. The Hall–Kier alpha value is -2.28. The first-order valence-electron chi connectivity index (χ1n) is 7.95. The van der Waals surface area contributed by atoms with Gasteiger partial charge in [0, 0.05) is 24.6 Å². The summed E-state index contributed by atoms with van der Waals surface area (Å²) in [5.74, 6) is 5.39. The van der Waals surface area contributed by atoms with Crippen molar-refractivity contribution in [2.24, 2.45) is 0 Å². The van der Waals surface area contributed by atoms with Gasteiger partial charge in [0.05, 0.1) is 0 Å². The largest absolute Gasteiger partial charge is 0.444 e. The van der Waals surface area contributed by atoms with Gasteiger partial charge in [0.25, 0.3) is 0 Å². The third-order valence-electron chi connectivity index (χ3n) is 3.55. The molecule has 1 unspecified atom stereocenters. The van der Waals surface area contributed by atoms with E-state index < -0.39 is 5.60 Å². The smallest absolute Gasteiger partial charge is 0.410 e. The Morgan fingerprint density at radius 2 is 1.96 bits per heavy atom. The third kappa shape index (κ3) is 5.45. The molecule has 1 aromatic rings. The Bertz CT molecular complexity index is 620. The molecule has 122 valence electrons. The van der Waals surface area contributed by atoms with Crippen LogP contribution in [-0.2, 0) is 9.53 Å². The lowest BCUT2D eigenvalue weighted by molar-refractivity contribution is -0.114. The molecule has 1 aromatic carbocycles. The van der Waals surface area contributed by atoms with E-state index in [9.17, 15) is 9.59 Å². The fourth-order valence-corrected chi connectivity index (χ4v) is 2.54. The van der Waals surface area contributed by atoms with E-state index in [1.807, 2.05) is 51.1 Å². The molecule has 1 amide bonds. The number of benzene rings is 1. The number of hydrogen-bond donors (Lipinski definition) is 0. The van der Waals surface area contributed by atoms with Crippen molar-refractivity contribution in [1.29, 1.82) is 0 Å². The van der Waals surface area contributed by atoms with Crippen LogP contribution in [0, 0.1) is 11.8 Å². The van der Waals surface area contributed by atoms with Crippen molar-refractivity contribution in [3.05, 3.63) is 35.9 Å². The van der Waals surface area contributed by atoms with Crippen LogP contribution in [0.5, 0.6) is 0 Å². The topological polar surface area (TPSA) is 46.6 Å². The maximum Gasteiger partial charge on any atom is 0.410 e. The molecule has 0 saturated carbocycles. The Morgan fingerprint density at radius 1 is 1.26 bits per heavy atom. The number of ether oxygens (including phenoxy) is 1. The molecule has 1 aliphatic rings. The molecule has 23 heavy (non-hydrogen) atoms. The van der Waals surface area contributed by atoms with Crippen molar-refractivity contribution in [1.82, 2.24) is 4.90 Å². The standard InChI is InChI=1S/C19H23NO3/c1-19(2,3)23-18(22)20-13-7-10-16(20)14-17(21)12-11-15-8-5-4-6-9-15/h4-6,8-9,16H,7,10,13-14H2,1-3H3. The average Bonchev–Trinajstić information content (AvgIpc) is 2.93. The van der Waals surface area contributed by atoms with E-state index >= 15 is 0 Å². The molecular formula is C19H23NO3. The number of likely N-dealkylation sites (tertiary alicyclic amines) is 1. The quantitative estimate of drug-likeness (QED) is 0.786. The highest BCUT2D eigenvalue weighted by Gasteiger charge is 2.33. The molecule has 1 heterocycles. The van der Waals surface area contributed by atoms with Crippen LogP contribution < -0.4 is 0 Å². The number of Topliss-reactive ketones (excluding diaryl/α,β-unsaturated/α-hetero) is 1. The van der Waals surface area contributed by atoms with E-state index in [1.54, 1.807) is 4.90 Å². The Morgan fingerprint density at radius 3 is 2.61 bits per heavy atom. The Kier molecular flexibility index (Phi) is 5.44. The number of carbonyl (C=O) groups is 2. The van der Waals surface area contributed by atoms with Gasteiger partial charge in [-0.05, 0) is 51.7 Å². The molecule has 4 nitrogen and oxygen atoms in total. The van der Waals surface area contributed by atoms with E-state index in [1.165, 1.54) is 0 Å². The number of ketones is 1. The zero-order valence-electron chi connectivity index (χ0n) is 14.0. The molecule has 1 atom stereocenters. The zero-order valence-corrected chi connectivity index (χ0v) is 14.0. The van der Waals surface area contributed by atoms with E-state index in [0.29, 0.717) is 6.54 Å². The molecule has 0 N–H and O–H groups in total. The van der Waals surface area contributed by atoms with E-state index in [0.717, 1.165) is 18.4 Å². The van der Waals surface area contributed by atoms with Gasteiger partial charge in [0.2, 0.25) is 5.78 Å². The number of hydrogen-bond acceptors (Lipinski definition) is 3. The lowest BCUT2D eigenvalue weighted by atomic mass is 10.1. The summed E-state index contributed by atoms with van der Waals surface area (Å²) in [7, 11) is 0. The summed E-state index contributed by atoms with van der Waals surface area (Å²) in [6, 6.07) is 9.30. The fraction of sp³-hybridized carbons (Fsp3) is 0.474. The second-order valence-electron chi connectivity index (χ2n) is 6.71. The van der Waals surface area contributed by atoms with Crippen molar-refractivity contribution >= 4 is 11.9 Å². The number of carbonyl (C=O) groups excluding carboxylic acids is 2. The van der Waals surface area contributed by atoms with Gasteiger partial charge in [0.1, 0.15) is 5.60 Å². The summed E-state index contributed by atoms with van der Waals surface area (Å²) in [6.45, 7) is 6.16. The lowest BCUT2D eigenvalue weighted by Gasteiger charge is -2.28. The van der Waals surface area contributed by atoms with Crippen LogP contribution in [0.25, 0.3) is 0 Å². The van der Waals surface area contributed by atoms with Crippen LogP contribution in [0.1, 0.15) is 45.6 Å². The van der Waals surface area contributed by atoms with E-state index in [-0.39, 0.29) is 24.3 Å². The molecule has 1 fully saturated rings. The SMILES string of the molecule is CC(C)(C)OC(=O)N1CCCC1CC(=O)C#Cc1ccccc1. The van der Waals surface area contributed by atoms with Crippen molar-refractivity contribution in [2.75, 3.05) is 6.54 Å². The molecule has 4 heteroatoms. The normalized spacial score (nSPS) is 17.3. The summed E-state index contributed by atoms with van der Waals surface area (Å²) >= 11 is 0. The van der Waals surface area contributed by atoms with Gasteiger partial charge >= 0.3 is 6.09 Å². The molecular weight excluding hydrogens is 290 g/mol. The molecule has 0 bridgehead atoms. The van der Waals surface area contributed by atoms with Crippen molar-refractivity contribution < 1.29 is 14.3 Å². The summed E-state index contributed by atoms with van der Waals surface area (Å²) in [4.78, 5) is 25.9. The van der Waals surface area contributed by atoms with Crippen molar-refractivity contribution in [3.8, 4) is 11.8 Å². The number of rotatable bonds is 2. The van der Waals surface area contributed by atoms with Crippen LogP contribution in [0.4, 0.5) is 4.79 Å². The molecule has 0 aliphatic carbocycles. The molecule has 0 aromatic heterocycles. The van der Waals surface area contributed by atoms with Gasteiger partial charge < -0.3 is 9.64 Å². The van der Waals surface area contributed by atoms with Crippen molar-refractivity contribution in [2.45, 2.75) is 51.7 Å². The predicted octanol–water partition coefficient (Wildman–Crippen LogP) is 3.40. The molecule has 2 rings (SSSR count). The predicted molar refractivity (Wildman–Crippen MR) is 88.9 cm³/mol. The van der Waals surface area contributed by atoms with Gasteiger partial charge in [0.15, 0.2) is 0 Å². The monoisotopic (exact) mass is 313 g/mol. The Balaban J connectivity index is 1.95. The van der Waals surface area contributed by atoms with Crippen LogP contribution in [0.3, 0.4) is 0 Å². The highest BCUT2D eigenvalue weighted by molar-refractivity contribution is 5.96. The first kappa shape index (κ1) is 17.1. The second-order valence-corrected chi connectivity index (χ2v) is 6.71. The first-order valence-corrected chi connectivity index (χ1v) is 7.95. The van der Waals surface area contributed by atoms with E-state index in [2.05, 4.69) is 11.8 Å². The van der Waals surface area contributed by atoms with E-state index in [4.69, 9.17) is 4.74 Å². The van der Waals surface area contributed by atoms with Gasteiger partial charge in [-0.25, -0.2) is 4.79 Å². The summed E-state index contributed by atoms with van der Waals surface area (Å²) in [5, 5.41) is 0. The van der Waals surface area contributed by atoms with Gasteiger partial charge in [-0.2, -0.15) is 0 Å². The van der Waals surface area contributed by atoms with Crippen LogP contribution >= 0.6 is 0 Å². The average molecular weight is 313 g/mol. The number of amides is 1. The molecule has 0 radical (unpaired) electrons. The molecule has 0 spiro atoms. The number of nitrogens with zero attached hydrogens (tertiary/aromatic N) is 1. The first-order chi connectivity index (χ1) is 10.8. The second kappa shape index (κ2) is 7.32. The van der Waals surface area contributed by atoms with Crippen molar-refractivity contribution in [3.63, 3.8) is 0 Å². The summed E-state index contributed by atoms with van der Waals surface area (Å²) < 4.78 is 5.40. The van der Waals surface area contributed by atoms with Gasteiger partial charge in [-0.1, -0.05) is 24.1 Å². The van der Waals surface area contributed by atoms with Crippen LogP contribution in [-0.4, -0.2) is 35.0 Å². The highest BCUT2D eigenvalue weighted by Crippen LogP contribution is 2.23. The lowest BCUT2D eigenvalue weighted by Crippen LogP contribution is -2.40. The van der Waals surface area contributed by atoms with Gasteiger partial charge in [-0.15, -0.1) is 0 Å². The minimum atomic E-state index is -0.526. The zero-order chi connectivity index (χ0) is 16.9. The maximum atomic E-state index is 12.2.